The minimum atomic E-state index is 0. The van der Waals surface area contributed by atoms with E-state index in [0.29, 0.717) is 24.2 Å². The van der Waals surface area contributed by atoms with Crippen LogP contribution in [0.25, 0.3) is 0 Å². The van der Waals surface area contributed by atoms with Crippen molar-refractivity contribution in [2.24, 2.45) is 11.8 Å². The van der Waals surface area contributed by atoms with Gasteiger partial charge in [0.05, 0.1) is 6.04 Å². The lowest BCUT2D eigenvalue weighted by Gasteiger charge is -2.37. The summed E-state index contributed by atoms with van der Waals surface area (Å²) in [4.78, 5) is 14.9. The molecule has 0 radical (unpaired) electrons. The van der Waals surface area contributed by atoms with Gasteiger partial charge in [-0.15, -0.1) is 12.4 Å². The van der Waals surface area contributed by atoms with E-state index in [0.717, 1.165) is 26.1 Å². The molecule has 0 bridgehead atoms. The molecule has 1 aromatic rings. The molecule has 2 aliphatic rings. The second-order valence-electron chi connectivity index (χ2n) is 6.98. The van der Waals surface area contributed by atoms with Crippen molar-refractivity contribution in [1.29, 1.82) is 0 Å². The fourth-order valence-corrected chi connectivity index (χ4v) is 4.09. The van der Waals surface area contributed by atoms with Gasteiger partial charge in [-0.1, -0.05) is 31.2 Å². The summed E-state index contributed by atoms with van der Waals surface area (Å²) in [5, 5.41) is 3.41. The molecule has 1 aromatic carbocycles. The first-order chi connectivity index (χ1) is 10.7. The smallest absolute Gasteiger partial charge is 0.223 e. The van der Waals surface area contributed by atoms with Gasteiger partial charge in [0.1, 0.15) is 0 Å². The number of nitrogens with one attached hydrogen (secondary N) is 1. The molecule has 2 aliphatic heterocycles. The van der Waals surface area contributed by atoms with Crippen molar-refractivity contribution < 1.29 is 4.79 Å². The molecule has 1 amide bonds. The standard InChI is InChI=1S/C19H28N2O.ClH/c1-14(16-7-10-20-11-8-16)13-19(22)21-12-9-17-5-3-4-6-18(17)15(21)2;/h3-6,14-16,20H,7-13H2,1-2H3;1H. The number of amides is 1. The largest absolute Gasteiger partial charge is 0.336 e. The highest BCUT2D eigenvalue weighted by Crippen LogP contribution is 2.31. The Hall–Kier alpha value is -1.06. The van der Waals surface area contributed by atoms with Crippen molar-refractivity contribution in [2.75, 3.05) is 19.6 Å². The lowest BCUT2D eigenvalue weighted by molar-refractivity contribution is -0.135. The molecule has 23 heavy (non-hydrogen) atoms. The van der Waals surface area contributed by atoms with Gasteiger partial charge in [-0.25, -0.2) is 0 Å². The zero-order chi connectivity index (χ0) is 15.5. The van der Waals surface area contributed by atoms with E-state index in [2.05, 4.69) is 48.3 Å². The van der Waals surface area contributed by atoms with E-state index in [4.69, 9.17) is 0 Å². The monoisotopic (exact) mass is 336 g/mol. The number of benzene rings is 1. The Morgan fingerprint density at radius 1 is 1.30 bits per heavy atom. The lowest BCUT2D eigenvalue weighted by Crippen LogP contribution is -2.40. The Labute approximate surface area is 146 Å². The lowest BCUT2D eigenvalue weighted by atomic mass is 9.83. The molecule has 3 nitrogen and oxygen atoms in total. The minimum absolute atomic E-state index is 0. The number of hydrogen-bond acceptors (Lipinski definition) is 2. The average Bonchev–Trinajstić information content (AvgIpc) is 2.56. The summed E-state index contributed by atoms with van der Waals surface area (Å²) in [6.07, 6.45) is 4.13. The Kier molecular flexibility index (Phi) is 6.49. The van der Waals surface area contributed by atoms with Gasteiger partial charge in [-0.3, -0.25) is 4.79 Å². The predicted molar refractivity (Wildman–Crippen MR) is 96.9 cm³/mol. The predicted octanol–water partition coefficient (Wildman–Crippen LogP) is 3.58. The van der Waals surface area contributed by atoms with Crippen LogP contribution < -0.4 is 5.32 Å². The van der Waals surface area contributed by atoms with Gasteiger partial charge in [0, 0.05) is 13.0 Å². The summed E-state index contributed by atoms with van der Waals surface area (Å²) in [5.41, 5.74) is 2.74. The molecule has 128 valence electrons. The molecule has 0 saturated carbocycles. The molecule has 3 rings (SSSR count). The SMILES string of the molecule is CC(CC(=O)N1CCc2ccccc2C1C)C1CCNCC1.Cl. The van der Waals surface area contributed by atoms with E-state index in [1.807, 2.05) is 0 Å². The first-order valence-corrected chi connectivity index (χ1v) is 8.75. The topological polar surface area (TPSA) is 32.3 Å². The molecule has 2 unspecified atom stereocenters. The van der Waals surface area contributed by atoms with Gasteiger partial charge < -0.3 is 10.2 Å². The van der Waals surface area contributed by atoms with Crippen molar-refractivity contribution in [3.63, 3.8) is 0 Å². The first kappa shape index (κ1) is 18.3. The van der Waals surface area contributed by atoms with Crippen molar-refractivity contribution in [2.45, 2.75) is 45.6 Å². The highest BCUT2D eigenvalue weighted by atomic mass is 35.5. The molecule has 1 fully saturated rings. The number of rotatable bonds is 3. The summed E-state index contributed by atoms with van der Waals surface area (Å²) in [6.45, 7) is 7.52. The normalized spacial score (nSPS) is 22.9. The highest BCUT2D eigenvalue weighted by Gasteiger charge is 2.29. The third-order valence-corrected chi connectivity index (χ3v) is 5.60. The average molecular weight is 337 g/mol. The number of carbonyl (C=O) groups excluding carboxylic acids is 1. The maximum absolute atomic E-state index is 12.8. The van der Waals surface area contributed by atoms with Crippen LogP contribution in [-0.4, -0.2) is 30.4 Å². The van der Waals surface area contributed by atoms with E-state index in [1.165, 1.54) is 24.0 Å². The number of piperidine rings is 1. The van der Waals surface area contributed by atoms with Crippen molar-refractivity contribution in [1.82, 2.24) is 10.2 Å². The molecule has 2 heterocycles. The van der Waals surface area contributed by atoms with Gasteiger partial charge in [-0.2, -0.15) is 0 Å². The van der Waals surface area contributed by atoms with Crippen LogP contribution in [0.2, 0.25) is 0 Å². The van der Waals surface area contributed by atoms with E-state index in [1.54, 1.807) is 0 Å². The number of hydrogen-bond donors (Lipinski definition) is 1. The molecule has 1 saturated heterocycles. The third-order valence-electron chi connectivity index (χ3n) is 5.60. The van der Waals surface area contributed by atoms with Crippen LogP contribution in [0.5, 0.6) is 0 Å². The third kappa shape index (κ3) is 4.07. The van der Waals surface area contributed by atoms with Crippen molar-refractivity contribution in [3.05, 3.63) is 35.4 Å². The fourth-order valence-electron chi connectivity index (χ4n) is 4.09. The maximum Gasteiger partial charge on any atom is 0.223 e. The van der Waals surface area contributed by atoms with Gasteiger partial charge in [-0.05, 0) is 62.2 Å². The second kappa shape index (κ2) is 8.16. The molecular weight excluding hydrogens is 308 g/mol. The molecule has 0 aliphatic carbocycles. The van der Waals surface area contributed by atoms with Gasteiger partial charge in [0.15, 0.2) is 0 Å². The van der Waals surface area contributed by atoms with Crippen LogP contribution in [-0.2, 0) is 11.2 Å². The fraction of sp³-hybridized carbons (Fsp3) is 0.632. The summed E-state index contributed by atoms with van der Waals surface area (Å²) in [7, 11) is 0. The van der Waals surface area contributed by atoms with Crippen LogP contribution in [0.4, 0.5) is 0 Å². The van der Waals surface area contributed by atoms with E-state index >= 15 is 0 Å². The zero-order valence-corrected chi connectivity index (χ0v) is 15.1. The Bertz CT molecular complexity index is 528. The van der Waals surface area contributed by atoms with Crippen LogP contribution >= 0.6 is 12.4 Å². The van der Waals surface area contributed by atoms with E-state index in [9.17, 15) is 4.79 Å². The Balaban J connectivity index is 0.00000192. The molecule has 2 atom stereocenters. The summed E-state index contributed by atoms with van der Waals surface area (Å²) in [5.74, 6) is 1.55. The number of carbonyl (C=O) groups is 1. The number of halogens is 1. The van der Waals surface area contributed by atoms with Crippen LogP contribution in [0.3, 0.4) is 0 Å². The molecule has 4 heteroatoms. The Morgan fingerprint density at radius 3 is 2.74 bits per heavy atom. The van der Waals surface area contributed by atoms with Crippen LogP contribution in [0, 0.1) is 11.8 Å². The van der Waals surface area contributed by atoms with Gasteiger partial charge >= 0.3 is 0 Å². The van der Waals surface area contributed by atoms with E-state index < -0.39 is 0 Å². The van der Waals surface area contributed by atoms with E-state index in [-0.39, 0.29) is 18.4 Å². The quantitative estimate of drug-likeness (QED) is 0.915. The number of nitrogens with zero attached hydrogens (tertiary/aromatic N) is 1. The molecule has 0 aromatic heterocycles. The first-order valence-electron chi connectivity index (χ1n) is 8.75. The van der Waals surface area contributed by atoms with Crippen molar-refractivity contribution in [3.8, 4) is 0 Å². The van der Waals surface area contributed by atoms with Crippen molar-refractivity contribution >= 4 is 18.3 Å². The Morgan fingerprint density at radius 2 is 2.00 bits per heavy atom. The molecule has 0 spiro atoms. The zero-order valence-electron chi connectivity index (χ0n) is 14.3. The summed E-state index contributed by atoms with van der Waals surface area (Å²) >= 11 is 0. The van der Waals surface area contributed by atoms with Gasteiger partial charge in [0.2, 0.25) is 5.91 Å². The minimum Gasteiger partial charge on any atom is -0.336 e. The van der Waals surface area contributed by atoms with Crippen LogP contribution in [0.15, 0.2) is 24.3 Å². The maximum atomic E-state index is 12.8. The van der Waals surface area contributed by atoms with Gasteiger partial charge in [0.25, 0.3) is 0 Å². The summed E-state index contributed by atoms with van der Waals surface area (Å²) in [6, 6.07) is 8.78. The molecule has 1 N–H and O–H groups in total. The summed E-state index contributed by atoms with van der Waals surface area (Å²) < 4.78 is 0. The molecular formula is C19H29ClN2O. The van der Waals surface area contributed by atoms with Crippen LogP contribution in [0.1, 0.15) is 50.3 Å². The number of fused-ring (bicyclic) bond motifs is 1. The second-order valence-corrected chi connectivity index (χ2v) is 6.98. The highest BCUT2D eigenvalue weighted by molar-refractivity contribution is 5.85.